The summed E-state index contributed by atoms with van der Waals surface area (Å²) in [5.74, 6) is -0.913. The number of carbonyl (C=O) groups excluding carboxylic acids is 2. The van der Waals surface area contributed by atoms with Gasteiger partial charge in [0.15, 0.2) is 0 Å². The third kappa shape index (κ3) is 4.40. The molecule has 0 amide bonds. The molecule has 6 nitrogen and oxygen atoms in total. The normalized spacial score (nSPS) is 12.8. The summed E-state index contributed by atoms with van der Waals surface area (Å²) >= 11 is 0. The molecule has 1 aliphatic carbocycles. The van der Waals surface area contributed by atoms with E-state index in [1.807, 2.05) is 19.9 Å². The highest BCUT2D eigenvalue weighted by Crippen LogP contribution is 2.48. The molecule has 0 bridgehead atoms. The van der Waals surface area contributed by atoms with Gasteiger partial charge in [-0.15, -0.1) is 0 Å². The number of rotatable bonds is 8. The van der Waals surface area contributed by atoms with Gasteiger partial charge in [-0.3, -0.25) is 0 Å². The minimum atomic E-state index is -0.461. The summed E-state index contributed by atoms with van der Waals surface area (Å²) in [6.07, 6.45) is 3.35. The van der Waals surface area contributed by atoms with Gasteiger partial charge in [0.2, 0.25) is 0 Å². The Labute approximate surface area is 187 Å². The maximum Gasteiger partial charge on any atom is 0.338 e. The summed E-state index contributed by atoms with van der Waals surface area (Å²) < 4.78 is 10.7. The Hall–Kier alpha value is -3.90. The van der Waals surface area contributed by atoms with Crippen molar-refractivity contribution < 1.29 is 19.1 Å². The highest BCUT2D eigenvalue weighted by Gasteiger charge is 2.31. The highest BCUT2D eigenvalue weighted by molar-refractivity contribution is 6.11. The van der Waals surface area contributed by atoms with E-state index < -0.39 is 11.9 Å². The van der Waals surface area contributed by atoms with Crippen LogP contribution in [0.5, 0.6) is 0 Å². The van der Waals surface area contributed by atoms with Gasteiger partial charge < -0.3 is 9.47 Å². The largest absolute Gasteiger partial charge is 0.462 e. The molecule has 2 aromatic carbocycles. The second-order valence-corrected chi connectivity index (χ2v) is 7.41. The molecule has 0 radical (unpaired) electrons. The first-order chi connectivity index (χ1) is 15.6. The van der Waals surface area contributed by atoms with Gasteiger partial charge >= 0.3 is 11.9 Å². The Balaban J connectivity index is 2.13. The van der Waals surface area contributed by atoms with Crippen LogP contribution < -0.4 is 0 Å². The first-order valence-electron chi connectivity index (χ1n) is 10.7. The van der Waals surface area contributed by atoms with Gasteiger partial charge in [0.05, 0.1) is 37.0 Å². The Morgan fingerprint density at radius 2 is 1.66 bits per heavy atom. The van der Waals surface area contributed by atoms with Crippen molar-refractivity contribution in [2.75, 3.05) is 13.2 Å². The number of benzene rings is 2. The molecule has 3 rings (SSSR count). The van der Waals surface area contributed by atoms with E-state index in [0.717, 1.165) is 25.7 Å². The standard InChI is InChI=1S/C26H24N2O4/c1-4-6-13-31-25(29)17-11-12-18-21(15-17)24(22(16-27)28-3)19-9-8-10-20(23(18)19)26(30)32-14-7-5-2/h8-12,15H,4-7,13-14H2,1-2H3. The zero-order valence-electron chi connectivity index (χ0n) is 18.2. The van der Waals surface area contributed by atoms with Crippen LogP contribution in [0.25, 0.3) is 21.5 Å². The van der Waals surface area contributed by atoms with Crippen LogP contribution in [0.15, 0.2) is 42.1 Å². The van der Waals surface area contributed by atoms with Crippen LogP contribution >= 0.6 is 0 Å². The molecule has 0 saturated heterocycles. The number of carbonyl (C=O) groups is 2. The quantitative estimate of drug-likeness (QED) is 0.196. The van der Waals surface area contributed by atoms with Crippen molar-refractivity contribution in [2.24, 2.45) is 0 Å². The third-order valence-corrected chi connectivity index (χ3v) is 5.26. The number of nitrogens with zero attached hydrogens (tertiary/aromatic N) is 2. The van der Waals surface area contributed by atoms with E-state index in [-0.39, 0.29) is 5.70 Å². The topological polar surface area (TPSA) is 80.8 Å². The molecule has 0 spiro atoms. The van der Waals surface area contributed by atoms with E-state index >= 15 is 0 Å². The first-order valence-corrected chi connectivity index (χ1v) is 10.7. The number of hydrogen-bond donors (Lipinski definition) is 0. The Morgan fingerprint density at radius 3 is 2.28 bits per heavy atom. The first kappa shape index (κ1) is 22.8. The predicted octanol–water partition coefficient (Wildman–Crippen LogP) is 5.78. The van der Waals surface area contributed by atoms with Crippen LogP contribution in [-0.2, 0) is 9.47 Å². The molecule has 0 fully saturated rings. The monoisotopic (exact) mass is 428 g/mol. The SMILES string of the molecule is [C-]#[N+]C(C#N)=C1c2cc(C(=O)OCCCC)ccc2-c2c(C(=O)OCCCC)cccc21. The van der Waals surface area contributed by atoms with Crippen molar-refractivity contribution in [1.82, 2.24) is 0 Å². The molecule has 6 heteroatoms. The fourth-order valence-corrected chi connectivity index (χ4v) is 3.63. The molecule has 0 aliphatic heterocycles. The lowest BCUT2D eigenvalue weighted by molar-refractivity contribution is 0.0490. The number of hydrogen-bond acceptors (Lipinski definition) is 5. The molecule has 162 valence electrons. The van der Waals surface area contributed by atoms with Crippen molar-refractivity contribution in [3.63, 3.8) is 0 Å². The number of ether oxygens (including phenoxy) is 2. The van der Waals surface area contributed by atoms with Crippen molar-refractivity contribution >= 4 is 17.5 Å². The van der Waals surface area contributed by atoms with E-state index in [9.17, 15) is 14.9 Å². The second kappa shape index (κ2) is 10.4. The molecule has 0 heterocycles. The van der Waals surface area contributed by atoms with Gasteiger partial charge in [0.25, 0.3) is 5.70 Å². The van der Waals surface area contributed by atoms with E-state index in [0.29, 0.717) is 52.2 Å². The predicted molar refractivity (Wildman–Crippen MR) is 120 cm³/mol. The van der Waals surface area contributed by atoms with E-state index in [4.69, 9.17) is 16.0 Å². The molecule has 0 atom stereocenters. The lowest BCUT2D eigenvalue weighted by atomic mass is 9.98. The van der Waals surface area contributed by atoms with Crippen LogP contribution in [0.1, 0.15) is 71.4 Å². The second-order valence-electron chi connectivity index (χ2n) is 7.41. The maximum atomic E-state index is 12.8. The number of unbranched alkanes of at least 4 members (excludes halogenated alkanes) is 2. The molecular weight excluding hydrogens is 404 g/mol. The molecule has 0 saturated carbocycles. The van der Waals surface area contributed by atoms with Crippen molar-refractivity contribution in [3.05, 3.63) is 75.8 Å². The summed E-state index contributed by atoms with van der Waals surface area (Å²) in [6, 6.07) is 12.1. The average molecular weight is 428 g/mol. The number of allylic oxidation sites excluding steroid dienone is 1. The van der Waals surface area contributed by atoms with E-state index in [2.05, 4.69) is 4.85 Å². The van der Waals surface area contributed by atoms with Crippen LogP contribution in [0.4, 0.5) is 0 Å². The summed E-state index contributed by atoms with van der Waals surface area (Å²) in [4.78, 5) is 28.7. The number of nitriles is 1. The summed E-state index contributed by atoms with van der Waals surface area (Å²) in [6.45, 7) is 12.1. The minimum absolute atomic E-state index is 0.0991. The summed E-state index contributed by atoms with van der Waals surface area (Å²) in [5, 5.41) is 9.58. The highest BCUT2D eigenvalue weighted by atomic mass is 16.5. The van der Waals surface area contributed by atoms with Gasteiger partial charge in [-0.1, -0.05) is 44.9 Å². The molecule has 32 heavy (non-hydrogen) atoms. The van der Waals surface area contributed by atoms with Gasteiger partial charge in [-0.05, 0) is 47.7 Å². The van der Waals surface area contributed by atoms with Crippen molar-refractivity contribution in [3.8, 4) is 17.2 Å². The third-order valence-electron chi connectivity index (χ3n) is 5.26. The van der Waals surface area contributed by atoms with Gasteiger partial charge in [-0.25, -0.2) is 19.7 Å². The summed E-state index contributed by atoms with van der Waals surface area (Å²) in [5.41, 5.74) is 3.48. The van der Waals surface area contributed by atoms with Gasteiger partial charge in [0, 0.05) is 11.1 Å². The molecule has 0 aromatic heterocycles. The van der Waals surface area contributed by atoms with Crippen LogP contribution in [0.3, 0.4) is 0 Å². The summed E-state index contributed by atoms with van der Waals surface area (Å²) in [7, 11) is 0. The van der Waals surface area contributed by atoms with Gasteiger partial charge in [-0.2, -0.15) is 0 Å². The molecule has 0 unspecified atom stereocenters. The van der Waals surface area contributed by atoms with Crippen molar-refractivity contribution in [1.29, 1.82) is 5.26 Å². The zero-order valence-corrected chi connectivity index (χ0v) is 18.2. The minimum Gasteiger partial charge on any atom is -0.462 e. The Morgan fingerprint density at radius 1 is 0.969 bits per heavy atom. The number of fused-ring (bicyclic) bond motifs is 3. The van der Waals surface area contributed by atoms with Crippen molar-refractivity contribution in [2.45, 2.75) is 39.5 Å². The van der Waals surface area contributed by atoms with E-state index in [1.54, 1.807) is 36.4 Å². The smallest absolute Gasteiger partial charge is 0.338 e. The maximum absolute atomic E-state index is 12.8. The van der Waals surface area contributed by atoms with E-state index in [1.165, 1.54) is 0 Å². The van der Waals surface area contributed by atoms with Crippen LogP contribution in [0.2, 0.25) is 0 Å². The molecule has 0 N–H and O–H groups in total. The lowest BCUT2D eigenvalue weighted by Crippen LogP contribution is -2.08. The zero-order chi connectivity index (χ0) is 23.1. The molecular formula is C26H24N2O4. The fraction of sp³-hybridized carbons (Fsp3) is 0.308. The Kier molecular flexibility index (Phi) is 7.41. The number of esters is 2. The molecule has 2 aromatic rings. The lowest BCUT2D eigenvalue weighted by Gasteiger charge is -2.10. The van der Waals surface area contributed by atoms with Gasteiger partial charge in [0.1, 0.15) is 0 Å². The Bertz CT molecular complexity index is 1150. The molecule has 1 aliphatic rings. The fourth-order valence-electron chi connectivity index (χ4n) is 3.63. The van der Waals surface area contributed by atoms with Crippen LogP contribution in [-0.4, -0.2) is 25.2 Å². The average Bonchev–Trinajstić information content (AvgIpc) is 3.14. The van der Waals surface area contributed by atoms with Crippen LogP contribution in [0, 0.1) is 17.9 Å².